The van der Waals surface area contributed by atoms with Crippen LogP contribution in [0.5, 0.6) is 0 Å². The number of benzene rings is 1. The Bertz CT molecular complexity index is 662. The molecular formula is C18H26N4O. The van der Waals surface area contributed by atoms with Gasteiger partial charge in [0.2, 0.25) is 0 Å². The van der Waals surface area contributed by atoms with E-state index in [0.29, 0.717) is 18.0 Å². The van der Waals surface area contributed by atoms with Crippen molar-refractivity contribution in [2.24, 2.45) is 5.92 Å². The Hall–Kier alpha value is -1.43. The Balaban J connectivity index is 1.40. The highest BCUT2D eigenvalue weighted by atomic mass is 16.5. The first kappa shape index (κ1) is 15.1. The van der Waals surface area contributed by atoms with E-state index in [0.717, 1.165) is 43.2 Å². The van der Waals surface area contributed by atoms with E-state index in [1.54, 1.807) is 0 Å². The number of ether oxygens (including phenoxy) is 1. The van der Waals surface area contributed by atoms with E-state index in [4.69, 9.17) is 9.72 Å². The maximum Gasteiger partial charge on any atom is 0.121 e. The van der Waals surface area contributed by atoms with E-state index >= 15 is 0 Å². The lowest BCUT2D eigenvalue weighted by Crippen LogP contribution is -2.50. The van der Waals surface area contributed by atoms with Crippen molar-refractivity contribution in [2.75, 3.05) is 19.8 Å². The second-order valence-corrected chi connectivity index (χ2v) is 6.92. The normalized spacial score (nSPS) is 28.5. The van der Waals surface area contributed by atoms with Crippen LogP contribution >= 0.6 is 0 Å². The molecule has 1 aromatic heterocycles. The summed E-state index contributed by atoms with van der Waals surface area (Å²) in [6, 6.07) is 7.42. The van der Waals surface area contributed by atoms with E-state index in [1.165, 1.54) is 24.8 Å². The Kier molecular flexibility index (Phi) is 4.33. The number of hydrogen-bond acceptors (Lipinski definition) is 4. The number of nitrogens with one attached hydrogen (secondary N) is 3. The first-order valence-electron chi connectivity index (χ1n) is 8.79. The summed E-state index contributed by atoms with van der Waals surface area (Å²) in [7, 11) is 0. The molecule has 23 heavy (non-hydrogen) atoms. The fraction of sp³-hybridized carbons (Fsp3) is 0.611. The molecule has 1 aliphatic carbocycles. The quantitative estimate of drug-likeness (QED) is 0.809. The van der Waals surface area contributed by atoms with Crippen LogP contribution in [0.15, 0.2) is 18.2 Å². The van der Waals surface area contributed by atoms with Gasteiger partial charge in [0.15, 0.2) is 0 Å². The van der Waals surface area contributed by atoms with Gasteiger partial charge in [-0.3, -0.25) is 0 Å². The van der Waals surface area contributed by atoms with Crippen LogP contribution in [0.4, 0.5) is 0 Å². The summed E-state index contributed by atoms with van der Waals surface area (Å²) in [4.78, 5) is 8.13. The Labute approximate surface area is 137 Å². The van der Waals surface area contributed by atoms with Crippen LogP contribution in [0.2, 0.25) is 0 Å². The molecule has 4 rings (SSSR count). The van der Waals surface area contributed by atoms with Crippen LogP contribution in [0.25, 0.3) is 11.0 Å². The zero-order valence-corrected chi connectivity index (χ0v) is 13.8. The number of nitrogens with zero attached hydrogens (tertiary/aromatic N) is 1. The monoisotopic (exact) mass is 314 g/mol. The smallest absolute Gasteiger partial charge is 0.121 e. The van der Waals surface area contributed by atoms with Crippen molar-refractivity contribution in [3.63, 3.8) is 0 Å². The molecule has 0 bridgehead atoms. The number of morpholine rings is 1. The molecule has 2 aromatic rings. The lowest BCUT2D eigenvalue weighted by Gasteiger charge is -2.32. The molecule has 2 heterocycles. The predicted molar refractivity (Wildman–Crippen MR) is 91.4 cm³/mol. The lowest BCUT2D eigenvalue weighted by atomic mass is 9.94. The van der Waals surface area contributed by atoms with Crippen molar-refractivity contribution in [1.29, 1.82) is 0 Å². The number of imidazole rings is 1. The molecule has 1 saturated carbocycles. The third kappa shape index (κ3) is 3.27. The first-order chi connectivity index (χ1) is 11.3. The number of aromatic nitrogens is 2. The van der Waals surface area contributed by atoms with Gasteiger partial charge in [-0.25, -0.2) is 4.98 Å². The van der Waals surface area contributed by atoms with Crippen LogP contribution in [-0.4, -0.2) is 41.8 Å². The Morgan fingerprint density at radius 2 is 2.30 bits per heavy atom. The second-order valence-electron chi connectivity index (χ2n) is 6.92. The zero-order chi connectivity index (χ0) is 15.6. The number of aryl methyl sites for hydroxylation is 1. The highest BCUT2D eigenvalue weighted by Crippen LogP contribution is 2.29. The topological polar surface area (TPSA) is 62.0 Å². The maximum atomic E-state index is 5.65. The standard InChI is InChI=1S/C18H26N4O/c1-12-5-6-15-16(9-12)22-18(21-15)10-20-14-4-2-3-13(14)17-11-23-8-7-19-17/h5-6,9,13-14,17,19-20H,2-4,7-8,10-11H2,1H3,(H,21,22). The molecule has 2 aliphatic rings. The largest absolute Gasteiger partial charge is 0.379 e. The van der Waals surface area contributed by atoms with Gasteiger partial charge < -0.3 is 20.4 Å². The van der Waals surface area contributed by atoms with Gasteiger partial charge in [0, 0.05) is 18.6 Å². The number of fused-ring (bicyclic) bond motifs is 1. The van der Waals surface area contributed by atoms with Crippen molar-refractivity contribution in [2.45, 2.75) is 44.8 Å². The average Bonchev–Trinajstić information content (AvgIpc) is 3.19. The van der Waals surface area contributed by atoms with E-state index in [9.17, 15) is 0 Å². The predicted octanol–water partition coefficient (Wildman–Crippen LogP) is 2.12. The Morgan fingerprint density at radius 3 is 3.17 bits per heavy atom. The minimum absolute atomic E-state index is 0.502. The molecule has 5 nitrogen and oxygen atoms in total. The summed E-state index contributed by atoms with van der Waals surface area (Å²) >= 11 is 0. The number of hydrogen-bond donors (Lipinski definition) is 3. The molecular weight excluding hydrogens is 288 g/mol. The van der Waals surface area contributed by atoms with Gasteiger partial charge in [-0.1, -0.05) is 12.5 Å². The summed E-state index contributed by atoms with van der Waals surface area (Å²) in [5.41, 5.74) is 3.45. The molecule has 1 aromatic carbocycles. The van der Waals surface area contributed by atoms with Crippen LogP contribution in [0.3, 0.4) is 0 Å². The van der Waals surface area contributed by atoms with E-state index in [-0.39, 0.29) is 0 Å². The fourth-order valence-electron chi connectivity index (χ4n) is 4.07. The van der Waals surface area contributed by atoms with Crippen molar-refractivity contribution >= 4 is 11.0 Å². The van der Waals surface area contributed by atoms with E-state index in [1.807, 2.05) is 0 Å². The summed E-state index contributed by atoms with van der Waals surface area (Å²) in [6.07, 6.45) is 3.85. The maximum absolute atomic E-state index is 5.65. The highest BCUT2D eigenvalue weighted by Gasteiger charge is 2.34. The van der Waals surface area contributed by atoms with Crippen molar-refractivity contribution in [3.05, 3.63) is 29.6 Å². The second kappa shape index (κ2) is 6.59. The van der Waals surface area contributed by atoms with E-state index < -0.39 is 0 Å². The third-order valence-electron chi connectivity index (χ3n) is 5.25. The number of aromatic amines is 1. The number of H-pyrrole nitrogens is 1. The van der Waals surface area contributed by atoms with Crippen molar-refractivity contribution < 1.29 is 4.74 Å². The average molecular weight is 314 g/mol. The van der Waals surface area contributed by atoms with E-state index in [2.05, 4.69) is 40.7 Å². The van der Waals surface area contributed by atoms with Crippen LogP contribution in [-0.2, 0) is 11.3 Å². The van der Waals surface area contributed by atoms with Gasteiger partial charge in [-0.2, -0.15) is 0 Å². The molecule has 0 spiro atoms. The molecule has 3 atom stereocenters. The molecule has 124 valence electrons. The molecule has 3 N–H and O–H groups in total. The molecule has 1 aliphatic heterocycles. The van der Waals surface area contributed by atoms with Crippen LogP contribution < -0.4 is 10.6 Å². The molecule has 0 radical (unpaired) electrons. The number of rotatable bonds is 4. The lowest BCUT2D eigenvalue weighted by molar-refractivity contribution is 0.0524. The van der Waals surface area contributed by atoms with Crippen molar-refractivity contribution in [1.82, 2.24) is 20.6 Å². The van der Waals surface area contributed by atoms with Crippen LogP contribution in [0, 0.1) is 12.8 Å². The highest BCUT2D eigenvalue weighted by molar-refractivity contribution is 5.75. The van der Waals surface area contributed by atoms with Crippen molar-refractivity contribution in [3.8, 4) is 0 Å². The van der Waals surface area contributed by atoms with Gasteiger partial charge in [0.05, 0.1) is 30.8 Å². The minimum atomic E-state index is 0.502. The van der Waals surface area contributed by atoms with Gasteiger partial charge >= 0.3 is 0 Å². The summed E-state index contributed by atoms with van der Waals surface area (Å²) in [5, 5.41) is 7.36. The first-order valence-corrected chi connectivity index (χ1v) is 8.79. The zero-order valence-electron chi connectivity index (χ0n) is 13.8. The fourth-order valence-corrected chi connectivity index (χ4v) is 4.07. The third-order valence-corrected chi connectivity index (χ3v) is 5.25. The SMILES string of the molecule is Cc1ccc2nc(CNC3CCCC3C3COCCN3)[nH]c2c1. The Morgan fingerprint density at radius 1 is 1.35 bits per heavy atom. The van der Waals surface area contributed by atoms with Gasteiger partial charge in [0.1, 0.15) is 5.82 Å². The molecule has 5 heteroatoms. The summed E-state index contributed by atoms with van der Waals surface area (Å²) in [6.45, 7) is 5.60. The van der Waals surface area contributed by atoms with Gasteiger partial charge in [-0.05, 0) is 43.4 Å². The minimum Gasteiger partial charge on any atom is -0.379 e. The summed E-state index contributed by atoms with van der Waals surface area (Å²) < 4.78 is 5.65. The molecule has 3 unspecified atom stereocenters. The van der Waals surface area contributed by atoms with Crippen LogP contribution in [0.1, 0.15) is 30.7 Å². The van der Waals surface area contributed by atoms with Gasteiger partial charge in [0.25, 0.3) is 0 Å². The van der Waals surface area contributed by atoms with Gasteiger partial charge in [-0.15, -0.1) is 0 Å². The molecule has 2 fully saturated rings. The molecule has 1 saturated heterocycles. The molecule has 0 amide bonds. The summed E-state index contributed by atoms with van der Waals surface area (Å²) in [5.74, 6) is 1.70.